The summed E-state index contributed by atoms with van der Waals surface area (Å²) < 4.78 is 5.31. The fourth-order valence-electron chi connectivity index (χ4n) is 2.31. The van der Waals surface area contributed by atoms with E-state index in [9.17, 15) is 0 Å². The van der Waals surface area contributed by atoms with Gasteiger partial charge in [-0.15, -0.1) is 11.8 Å². The van der Waals surface area contributed by atoms with E-state index in [-0.39, 0.29) is 6.04 Å². The van der Waals surface area contributed by atoms with Crippen LogP contribution in [0.1, 0.15) is 30.5 Å². The Morgan fingerprint density at radius 3 is 2.81 bits per heavy atom. The number of methoxy groups -OCH3 is 1. The molecule has 3 nitrogen and oxygen atoms in total. The summed E-state index contributed by atoms with van der Waals surface area (Å²) in [6, 6.07) is 10.7. The third-order valence-corrected chi connectivity index (χ3v) is 4.16. The molecule has 1 heterocycles. The number of rotatable bonds is 7. The molecule has 112 valence electrons. The molecule has 0 spiro atoms. The van der Waals surface area contributed by atoms with Gasteiger partial charge in [-0.05, 0) is 42.5 Å². The Kier molecular flexibility index (Phi) is 6.08. The number of aromatic nitrogens is 1. The highest BCUT2D eigenvalue weighted by Gasteiger charge is 2.17. The first-order chi connectivity index (χ1) is 10.3. The Hall–Kier alpha value is -1.52. The van der Waals surface area contributed by atoms with Crippen LogP contribution in [0.3, 0.4) is 0 Å². The predicted molar refractivity (Wildman–Crippen MR) is 89.1 cm³/mol. The van der Waals surface area contributed by atoms with Crippen LogP contribution in [-0.4, -0.2) is 24.9 Å². The summed E-state index contributed by atoms with van der Waals surface area (Å²) in [5.41, 5.74) is 2.41. The fraction of sp³-hybridized carbons (Fsp3) is 0.353. The minimum atomic E-state index is 0.135. The quantitative estimate of drug-likeness (QED) is 0.787. The molecule has 21 heavy (non-hydrogen) atoms. The van der Waals surface area contributed by atoms with Crippen molar-refractivity contribution in [2.24, 2.45) is 0 Å². The molecule has 1 unspecified atom stereocenters. The highest BCUT2D eigenvalue weighted by atomic mass is 32.2. The number of hydrogen-bond donors (Lipinski definition) is 1. The van der Waals surface area contributed by atoms with Crippen molar-refractivity contribution in [3.63, 3.8) is 0 Å². The van der Waals surface area contributed by atoms with Gasteiger partial charge in [0.1, 0.15) is 5.75 Å². The number of ether oxygens (including phenoxy) is 1. The van der Waals surface area contributed by atoms with Crippen LogP contribution >= 0.6 is 11.8 Å². The van der Waals surface area contributed by atoms with Gasteiger partial charge in [-0.3, -0.25) is 4.98 Å². The van der Waals surface area contributed by atoms with Crippen LogP contribution in [0.15, 0.2) is 47.6 Å². The first kappa shape index (κ1) is 15.9. The Bertz CT molecular complexity index is 574. The molecule has 0 amide bonds. The van der Waals surface area contributed by atoms with Crippen molar-refractivity contribution < 1.29 is 4.74 Å². The maximum Gasteiger partial charge on any atom is 0.137 e. The van der Waals surface area contributed by atoms with Crippen LogP contribution in [0.2, 0.25) is 0 Å². The molecular weight excluding hydrogens is 280 g/mol. The Morgan fingerprint density at radius 2 is 2.10 bits per heavy atom. The molecule has 1 atom stereocenters. The second-order valence-electron chi connectivity index (χ2n) is 4.79. The van der Waals surface area contributed by atoms with Gasteiger partial charge in [0.25, 0.3) is 0 Å². The summed E-state index contributed by atoms with van der Waals surface area (Å²) in [5.74, 6) is 0.789. The van der Waals surface area contributed by atoms with Crippen LogP contribution in [0, 0.1) is 0 Å². The fourth-order valence-corrected chi connectivity index (χ4v) is 2.94. The average molecular weight is 302 g/mol. The van der Waals surface area contributed by atoms with Crippen molar-refractivity contribution in [3.8, 4) is 5.75 Å². The minimum Gasteiger partial charge on any atom is -0.495 e. The number of hydrogen-bond acceptors (Lipinski definition) is 4. The lowest BCUT2D eigenvalue weighted by Gasteiger charge is -2.22. The van der Waals surface area contributed by atoms with E-state index in [0.29, 0.717) is 0 Å². The monoisotopic (exact) mass is 302 g/mol. The molecule has 2 aromatic rings. The molecule has 1 aromatic heterocycles. The van der Waals surface area contributed by atoms with Gasteiger partial charge in [0.15, 0.2) is 0 Å². The van der Waals surface area contributed by atoms with Crippen LogP contribution < -0.4 is 10.1 Å². The number of nitrogens with one attached hydrogen (secondary N) is 1. The summed E-state index contributed by atoms with van der Waals surface area (Å²) in [5, 5.41) is 3.62. The predicted octanol–water partition coefficient (Wildman–Crippen LogP) is 3.90. The van der Waals surface area contributed by atoms with Gasteiger partial charge in [0.05, 0.1) is 19.3 Å². The molecule has 1 aromatic carbocycles. The molecule has 0 saturated carbocycles. The van der Waals surface area contributed by atoms with Gasteiger partial charge in [-0.25, -0.2) is 0 Å². The molecule has 1 N–H and O–H groups in total. The van der Waals surface area contributed by atoms with Gasteiger partial charge in [-0.1, -0.05) is 25.1 Å². The van der Waals surface area contributed by atoms with Gasteiger partial charge in [-0.2, -0.15) is 0 Å². The molecular formula is C17H22N2OS. The van der Waals surface area contributed by atoms with E-state index in [2.05, 4.69) is 53.8 Å². The first-order valence-corrected chi connectivity index (χ1v) is 8.37. The first-order valence-electron chi connectivity index (χ1n) is 7.15. The summed E-state index contributed by atoms with van der Waals surface area (Å²) in [6.45, 7) is 3.14. The van der Waals surface area contributed by atoms with Gasteiger partial charge >= 0.3 is 0 Å². The van der Waals surface area contributed by atoms with Crippen molar-refractivity contribution in [1.82, 2.24) is 10.3 Å². The zero-order valence-electron chi connectivity index (χ0n) is 12.8. The normalized spacial score (nSPS) is 12.1. The number of nitrogens with zero attached hydrogens (tertiary/aromatic N) is 1. The van der Waals surface area contributed by atoms with Gasteiger partial charge < -0.3 is 10.1 Å². The lowest BCUT2D eigenvalue weighted by molar-refractivity contribution is 0.411. The molecule has 0 fully saturated rings. The van der Waals surface area contributed by atoms with Crippen LogP contribution in [-0.2, 0) is 0 Å². The average Bonchev–Trinajstić information content (AvgIpc) is 2.56. The van der Waals surface area contributed by atoms with Crippen molar-refractivity contribution in [1.29, 1.82) is 0 Å². The lowest BCUT2D eigenvalue weighted by atomic mass is 9.99. The van der Waals surface area contributed by atoms with E-state index >= 15 is 0 Å². The zero-order valence-corrected chi connectivity index (χ0v) is 13.6. The second kappa shape index (κ2) is 8.05. The third-order valence-electron chi connectivity index (χ3n) is 3.35. The van der Waals surface area contributed by atoms with E-state index in [0.717, 1.165) is 24.3 Å². The molecule has 2 rings (SSSR count). The molecule has 0 aliphatic rings. The molecule has 0 saturated heterocycles. The van der Waals surface area contributed by atoms with Crippen molar-refractivity contribution >= 4 is 11.8 Å². The third kappa shape index (κ3) is 3.99. The summed E-state index contributed by atoms with van der Waals surface area (Å²) in [6.07, 6.45) is 6.85. The maximum absolute atomic E-state index is 5.31. The molecule has 0 bridgehead atoms. The Morgan fingerprint density at radius 1 is 1.29 bits per heavy atom. The largest absolute Gasteiger partial charge is 0.495 e. The minimum absolute atomic E-state index is 0.135. The molecule has 0 aliphatic heterocycles. The Balaban J connectivity index is 2.41. The van der Waals surface area contributed by atoms with E-state index in [1.54, 1.807) is 25.1 Å². The van der Waals surface area contributed by atoms with Gasteiger partial charge in [0, 0.05) is 11.1 Å². The standard InChI is InChI=1S/C17H22N2OS/c1-4-9-19-17(13-10-14(20-2)12-18-11-13)15-7-5-6-8-16(15)21-3/h5-8,10-12,17,19H,4,9H2,1-3H3. The second-order valence-corrected chi connectivity index (χ2v) is 5.64. The van der Waals surface area contributed by atoms with Crippen LogP contribution in [0.5, 0.6) is 5.75 Å². The number of pyridine rings is 1. The van der Waals surface area contributed by atoms with Crippen molar-refractivity contribution in [3.05, 3.63) is 53.9 Å². The Labute approximate surface area is 131 Å². The zero-order chi connectivity index (χ0) is 15.1. The van der Waals surface area contributed by atoms with E-state index in [1.165, 1.54) is 10.5 Å². The summed E-state index contributed by atoms with van der Waals surface area (Å²) in [4.78, 5) is 5.58. The molecule has 0 aliphatic carbocycles. The SMILES string of the molecule is CCCNC(c1cncc(OC)c1)c1ccccc1SC. The van der Waals surface area contributed by atoms with E-state index < -0.39 is 0 Å². The summed E-state index contributed by atoms with van der Waals surface area (Å²) in [7, 11) is 1.67. The smallest absolute Gasteiger partial charge is 0.137 e. The van der Waals surface area contributed by atoms with E-state index in [4.69, 9.17) is 4.74 Å². The van der Waals surface area contributed by atoms with Crippen molar-refractivity contribution in [2.75, 3.05) is 19.9 Å². The summed E-state index contributed by atoms with van der Waals surface area (Å²) >= 11 is 1.77. The number of thioether (sulfide) groups is 1. The van der Waals surface area contributed by atoms with E-state index in [1.807, 2.05) is 6.20 Å². The van der Waals surface area contributed by atoms with Gasteiger partial charge in [0.2, 0.25) is 0 Å². The number of benzene rings is 1. The van der Waals surface area contributed by atoms with Crippen molar-refractivity contribution in [2.45, 2.75) is 24.3 Å². The maximum atomic E-state index is 5.31. The highest BCUT2D eigenvalue weighted by molar-refractivity contribution is 7.98. The highest BCUT2D eigenvalue weighted by Crippen LogP contribution is 2.31. The molecule has 4 heteroatoms. The molecule has 0 radical (unpaired) electrons. The van der Waals surface area contributed by atoms with Crippen LogP contribution in [0.4, 0.5) is 0 Å². The van der Waals surface area contributed by atoms with Crippen LogP contribution in [0.25, 0.3) is 0 Å². The topological polar surface area (TPSA) is 34.2 Å². The lowest BCUT2D eigenvalue weighted by Crippen LogP contribution is -2.24.